The Morgan fingerprint density at radius 3 is 2.73 bits per heavy atom. The van der Waals surface area contributed by atoms with Gasteiger partial charge in [0.25, 0.3) is 0 Å². The predicted octanol–water partition coefficient (Wildman–Crippen LogP) is 1.82. The van der Waals surface area contributed by atoms with Crippen molar-refractivity contribution in [3.8, 4) is 0 Å². The maximum absolute atomic E-state index is 5.63. The summed E-state index contributed by atoms with van der Waals surface area (Å²) in [4.78, 5) is 22.2. The molecule has 1 fully saturated rings. The summed E-state index contributed by atoms with van der Waals surface area (Å²) >= 11 is 0. The fourth-order valence-corrected chi connectivity index (χ4v) is 3.76. The van der Waals surface area contributed by atoms with Crippen LogP contribution in [0.2, 0.25) is 0 Å². The van der Waals surface area contributed by atoms with Crippen molar-refractivity contribution in [3.63, 3.8) is 0 Å². The Hall–Kier alpha value is -2.80. The minimum atomic E-state index is 0.621. The monoisotopic (exact) mass is 348 g/mol. The van der Waals surface area contributed by atoms with Crippen LogP contribution in [0.15, 0.2) is 37.1 Å². The van der Waals surface area contributed by atoms with E-state index in [0.717, 1.165) is 67.2 Å². The molecule has 2 aromatic heterocycles. The summed E-state index contributed by atoms with van der Waals surface area (Å²) in [6.07, 6.45) is 6.03. The second-order valence-corrected chi connectivity index (χ2v) is 6.67. The highest BCUT2D eigenvalue weighted by Crippen LogP contribution is 2.27. The van der Waals surface area contributed by atoms with Crippen molar-refractivity contribution in [3.05, 3.63) is 48.3 Å². The maximum atomic E-state index is 5.63. The minimum Gasteiger partial charge on any atom is -0.376 e. The number of rotatable bonds is 2. The molecular weight excluding hydrogens is 328 g/mol. The van der Waals surface area contributed by atoms with Gasteiger partial charge in [-0.15, -0.1) is 0 Å². The van der Waals surface area contributed by atoms with Crippen LogP contribution in [0.5, 0.6) is 0 Å². The summed E-state index contributed by atoms with van der Waals surface area (Å²) in [5.74, 6) is 1.04. The zero-order valence-corrected chi connectivity index (χ0v) is 14.5. The molecule has 0 atom stereocenters. The lowest BCUT2D eigenvalue weighted by Gasteiger charge is -2.38. The van der Waals surface area contributed by atoms with Crippen LogP contribution in [0, 0.1) is 0 Å². The van der Waals surface area contributed by atoms with Crippen molar-refractivity contribution in [1.29, 1.82) is 0 Å². The molecular formula is C19H20N6O. The highest BCUT2D eigenvalue weighted by molar-refractivity contribution is 5.81. The smallest absolute Gasteiger partial charge is 0.137 e. The van der Waals surface area contributed by atoms with Gasteiger partial charge in [-0.1, -0.05) is 0 Å². The summed E-state index contributed by atoms with van der Waals surface area (Å²) in [6, 6.07) is 6.38. The van der Waals surface area contributed by atoms with E-state index in [1.807, 2.05) is 6.20 Å². The van der Waals surface area contributed by atoms with Crippen LogP contribution >= 0.6 is 0 Å². The normalized spacial score (nSPS) is 17.4. The lowest BCUT2D eigenvalue weighted by molar-refractivity contribution is 0.109. The highest BCUT2D eigenvalue weighted by Gasteiger charge is 2.24. The fraction of sp³-hybridized carbons (Fsp3) is 0.368. The molecule has 1 aromatic carbocycles. The van der Waals surface area contributed by atoms with Gasteiger partial charge in [0.15, 0.2) is 0 Å². The van der Waals surface area contributed by atoms with Crippen LogP contribution in [-0.2, 0) is 17.8 Å². The molecule has 0 spiro atoms. The van der Waals surface area contributed by atoms with E-state index in [1.54, 1.807) is 12.7 Å². The summed E-state index contributed by atoms with van der Waals surface area (Å²) in [6.45, 7) is 5.16. The van der Waals surface area contributed by atoms with Crippen LogP contribution < -0.4 is 9.80 Å². The Morgan fingerprint density at radius 1 is 0.923 bits per heavy atom. The molecule has 0 saturated carbocycles. The predicted molar refractivity (Wildman–Crippen MR) is 99.4 cm³/mol. The largest absolute Gasteiger partial charge is 0.376 e. The van der Waals surface area contributed by atoms with Gasteiger partial charge in [0.1, 0.15) is 18.5 Å². The number of ether oxygens (including phenoxy) is 1. The topological polar surface area (TPSA) is 67.3 Å². The molecule has 0 amide bonds. The van der Waals surface area contributed by atoms with Gasteiger partial charge < -0.3 is 14.5 Å². The number of hydrogen-bond acceptors (Lipinski definition) is 7. The maximum Gasteiger partial charge on any atom is 0.137 e. The summed E-state index contributed by atoms with van der Waals surface area (Å²) in [5.41, 5.74) is 4.50. The van der Waals surface area contributed by atoms with Crippen LogP contribution in [0.4, 0.5) is 11.5 Å². The molecule has 0 aliphatic carbocycles. The number of piperazine rings is 1. The number of fused-ring (bicyclic) bond motifs is 2. The lowest BCUT2D eigenvalue weighted by atomic mass is 10.1. The fourth-order valence-electron chi connectivity index (χ4n) is 3.76. The van der Waals surface area contributed by atoms with E-state index in [1.165, 1.54) is 5.69 Å². The molecule has 132 valence electrons. The Morgan fingerprint density at radius 2 is 1.81 bits per heavy atom. The first kappa shape index (κ1) is 15.5. The van der Waals surface area contributed by atoms with Crippen molar-refractivity contribution in [1.82, 2.24) is 19.9 Å². The second kappa shape index (κ2) is 6.49. The Balaban J connectivity index is 1.34. The van der Waals surface area contributed by atoms with Crippen molar-refractivity contribution >= 4 is 22.4 Å². The van der Waals surface area contributed by atoms with Gasteiger partial charge in [-0.25, -0.2) is 19.9 Å². The molecule has 26 heavy (non-hydrogen) atoms. The molecule has 0 unspecified atom stereocenters. The summed E-state index contributed by atoms with van der Waals surface area (Å²) in [7, 11) is 0. The van der Waals surface area contributed by atoms with E-state index < -0.39 is 0 Å². The highest BCUT2D eigenvalue weighted by atomic mass is 16.5. The minimum absolute atomic E-state index is 0.621. The van der Waals surface area contributed by atoms with Crippen LogP contribution in [0.3, 0.4) is 0 Å². The van der Waals surface area contributed by atoms with Gasteiger partial charge >= 0.3 is 0 Å². The van der Waals surface area contributed by atoms with Gasteiger partial charge in [0, 0.05) is 55.4 Å². The molecule has 7 nitrogen and oxygen atoms in total. The Labute approximate surface area is 151 Å². The van der Waals surface area contributed by atoms with Gasteiger partial charge in [-0.2, -0.15) is 0 Å². The average Bonchev–Trinajstić information content (AvgIpc) is 2.73. The molecule has 1 saturated heterocycles. The van der Waals surface area contributed by atoms with Crippen molar-refractivity contribution < 1.29 is 4.74 Å². The first-order valence-corrected chi connectivity index (χ1v) is 8.99. The number of hydrogen-bond donors (Lipinski definition) is 0. The second-order valence-electron chi connectivity index (χ2n) is 6.67. The molecule has 0 radical (unpaired) electrons. The third-order valence-electron chi connectivity index (χ3n) is 5.17. The van der Waals surface area contributed by atoms with Crippen molar-refractivity contribution in [2.24, 2.45) is 0 Å². The molecule has 7 heteroatoms. The van der Waals surface area contributed by atoms with E-state index in [-0.39, 0.29) is 0 Å². The standard InChI is InChI=1S/C19H20N6O/c1-2-17-14(10-20-12-21-17)9-15(1)24-4-6-25(7-5-24)19-16-11-26-8-3-18(16)22-13-23-19/h1-2,9-10,12-13H,3-8,11H2. The lowest BCUT2D eigenvalue weighted by Crippen LogP contribution is -2.47. The van der Waals surface area contributed by atoms with Gasteiger partial charge in [0.2, 0.25) is 0 Å². The zero-order chi connectivity index (χ0) is 17.3. The molecule has 3 aromatic rings. The van der Waals surface area contributed by atoms with Gasteiger partial charge in [0.05, 0.1) is 24.4 Å². The molecule has 0 N–H and O–H groups in total. The average molecular weight is 348 g/mol. The van der Waals surface area contributed by atoms with E-state index in [9.17, 15) is 0 Å². The van der Waals surface area contributed by atoms with Crippen LogP contribution in [0.25, 0.3) is 10.9 Å². The zero-order valence-electron chi connectivity index (χ0n) is 14.5. The number of anilines is 2. The van der Waals surface area contributed by atoms with E-state index in [2.05, 4.69) is 47.9 Å². The number of aromatic nitrogens is 4. The van der Waals surface area contributed by atoms with Gasteiger partial charge in [-0.05, 0) is 18.2 Å². The summed E-state index contributed by atoms with van der Waals surface area (Å²) < 4.78 is 5.63. The summed E-state index contributed by atoms with van der Waals surface area (Å²) in [5, 5.41) is 1.08. The van der Waals surface area contributed by atoms with Crippen LogP contribution in [-0.4, -0.2) is 52.7 Å². The molecule has 2 aliphatic heterocycles. The molecule has 2 aliphatic rings. The first-order valence-electron chi connectivity index (χ1n) is 8.99. The Kier molecular flexibility index (Phi) is 3.86. The van der Waals surface area contributed by atoms with Crippen LogP contribution in [0.1, 0.15) is 11.3 Å². The first-order chi connectivity index (χ1) is 12.9. The number of benzene rings is 1. The molecule has 5 rings (SSSR count). The van der Waals surface area contributed by atoms with Gasteiger partial charge in [-0.3, -0.25) is 0 Å². The quantitative estimate of drug-likeness (QED) is 0.700. The number of nitrogens with zero attached hydrogens (tertiary/aromatic N) is 6. The molecule has 4 heterocycles. The Bertz CT molecular complexity index is 938. The molecule has 0 bridgehead atoms. The van der Waals surface area contributed by atoms with Crippen molar-refractivity contribution in [2.75, 3.05) is 42.6 Å². The third-order valence-corrected chi connectivity index (χ3v) is 5.17. The third kappa shape index (κ3) is 2.74. The van der Waals surface area contributed by atoms with E-state index >= 15 is 0 Å². The van der Waals surface area contributed by atoms with E-state index in [4.69, 9.17) is 4.74 Å². The van der Waals surface area contributed by atoms with E-state index in [0.29, 0.717) is 6.61 Å². The SMILES string of the molecule is c1nc2c(c(N3CCN(c4ccc5ncncc5c4)CC3)n1)COCC2. The van der Waals surface area contributed by atoms with Crippen molar-refractivity contribution in [2.45, 2.75) is 13.0 Å².